The van der Waals surface area contributed by atoms with Crippen molar-refractivity contribution < 1.29 is 4.39 Å². The van der Waals surface area contributed by atoms with E-state index in [1.165, 1.54) is 25.2 Å². The number of nitrogens with one attached hydrogen (secondary N) is 1. The van der Waals surface area contributed by atoms with Crippen LogP contribution in [-0.4, -0.2) is 16.0 Å². The zero-order valence-corrected chi connectivity index (χ0v) is 9.83. The van der Waals surface area contributed by atoms with Gasteiger partial charge in [0.2, 0.25) is 5.95 Å². The smallest absolute Gasteiger partial charge is 0.222 e. The molecule has 1 atom stereocenters. The maximum absolute atomic E-state index is 12.6. The third-order valence-corrected chi connectivity index (χ3v) is 3.16. The van der Waals surface area contributed by atoms with Gasteiger partial charge in [-0.15, -0.1) is 0 Å². The molecule has 1 aliphatic carbocycles. The van der Waals surface area contributed by atoms with Gasteiger partial charge < -0.3 is 5.32 Å². The van der Waals surface area contributed by atoms with Crippen molar-refractivity contribution in [2.75, 3.05) is 5.32 Å². The number of nitrogens with zero attached hydrogens (tertiary/aromatic N) is 2. The van der Waals surface area contributed by atoms with E-state index in [1.807, 2.05) is 0 Å². The Hall–Kier alpha value is -1.19. The molecule has 0 saturated heterocycles. The first-order valence-electron chi connectivity index (χ1n) is 5.79. The molecule has 1 heterocycles. The second kappa shape index (κ2) is 4.36. The lowest BCUT2D eigenvalue weighted by molar-refractivity contribution is 0.229. The maximum atomic E-state index is 12.6. The van der Waals surface area contributed by atoms with E-state index in [2.05, 4.69) is 29.1 Å². The summed E-state index contributed by atoms with van der Waals surface area (Å²) in [6.07, 6.45) is 7.16. The van der Waals surface area contributed by atoms with Gasteiger partial charge in [0.05, 0.1) is 12.4 Å². The quantitative estimate of drug-likeness (QED) is 0.837. The van der Waals surface area contributed by atoms with Crippen LogP contribution in [0.3, 0.4) is 0 Å². The van der Waals surface area contributed by atoms with Crippen LogP contribution in [0.4, 0.5) is 10.3 Å². The molecule has 1 unspecified atom stereocenters. The average molecular weight is 223 g/mol. The van der Waals surface area contributed by atoms with E-state index in [9.17, 15) is 4.39 Å². The molecule has 1 aliphatic rings. The van der Waals surface area contributed by atoms with Crippen molar-refractivity contribution in [1.82, 2.24) is 9.97 Å². The molecule has 0 amide bonds. The van der Waals surface area contributed by atoms with Crippen molar-refractivity contribution in [3.05, 3.63) is 18.2 Å². The lowest BCUT2D eigenvalue weighted by atomic mass is 9.75. The molecule has 0 radical (unpaired) electrons. The van der Waals surface area contributed by atoms with Gasteiger partial charge in [0.15, 0.2) is 5.82 Å². The highest BCUT2D eigenvalue weighted by Gasteiger charge is 2.28. The van der Waals surface area contributed by atoms with Crippen molar-refractivity contribution in [2.24, 2.45) is 5.41 Å². The standard InChI is InChI=1S/C12H18FN3/c1-12(2)5-3-4-10(6-12)16-11-14-7-9(13)8-15-11/h7-8,10H,3-6H2,1-2H3,(H,14,15,16). The van der Waals surface area contributed by atoms with Gasteiger partial charge in [-0.2, -0.15) is 0 Å². The number of aromatic nitrogens is 2. The molecule has 1 aromatic rings. The highest BCUT2D eigenvalue weighted by Crippen LogP contribution is 2.35. The van der Waals surface area contributed by atoms with Crippen LogP contribution in [0.15, 0.2) is 12.4 Å². The van der Waals surface area contributed by atoms with Crippen molar-refractivity contribution in [2.45, 2.75) is 45.6 Å². The zero-order chi connectivity index (χ0) is 11.6. The maximum Gasteiger partial charge on any atom is 0.222 e. The molecule has 1 N–H and O–H groups in total. The second-order valence-corrected chi connectivity index (χ2v) is 5.33. The largest absolute Gasteiger partial charge is 0.351 e. The third-order valence-electron chi connectivity index (χ3n) is 3.16. The molecule has 0 spiro atoms. The predicted octanol–water partition coefficient (Wildman–Crippen LogP) is 3.00. The van der Waals surface area contributed by atoms with Crippen LogP contribution in [0.25, 0.3) is 0 Å². The fourth-order valence-corrected chi connectivity index (χ4v) is 2.39. The molecule has 3 nitrogen and oxygen atoms in total. The van der Waals surface area contributed by atoms with Gasteiger partial charge in [-0.3, -0.25) is 0 Å². The highest BCUT2D eigenvalue weighted by molar-refractivity contribution is 5.24. The van der Waals surface area contributed by atoms with Crippen LogP contribution < -0.4 is 5.32 Å². The third kappa shape index (κ3) is 2.90. The molecular weight excluding hydrogens is 205 g/mol. The van der Waals surface area contributed by atoms with Gasteiger partial charge >= 0.3 is 0 Å². The fraction of sp³-hybridized carbons (Fsp3) is 0.667. The van der Waals surface area contributed by atoms with Crippen molar-refractivity contribution in [1.29, 1.82) is 0 Å². The topological polar surface area (TPSA) is 37.8 Å². The molecular formula is C12H18FN3. The number of hydrogen-bond donors (Lipinski definition) is 1. The van der Waals surface area contributed by atoms with Crippen LogP contribution in [0.2, 0.25) is 0 Å². The fourth-order valence-electron chi connectivity index (χ4n) is 2.39. The Labute approximate surface area is 95.5 Å². The Kier molecular flexibility index (Phi) is 3.08. The molecule has 1 aromatic heterocycles. The summed E-state index contributed by atoms with van der Waals surface area (Å²) >= 11 is 0. The van der Waals surface area contributed by atoms with Crippen LogP contribution in [0, 0.1) is 11.2 Å². The number of halogens is 1. The van der Waals surface area contributed by atoms with Crippen LogP contribution in [0.5, 0.6) is 0 Å². The summed E-state index contributed by atoms with van der Waals surface area (Å²) in [5.74, 6) is 0.138. The second-order valence-electron chi connectivity index (χ2n) is 5.33. The lowest BCUT2D eigenvalue weighted by Gasteiger charge is -2.35. The normalized spacial score (nSPS) is 24.1. The van der Waals surface area contributed by atoms with E-state index in [0.717, 1.165) is 12.8 Å². The van der Waals surface area contributed by atoms with Gasteiger partial charge in [0.1, 0.15) is 0 Å². The first kappa shape index (κ1) is 11.3. The minimum Gasteiger partial charge on any atom is -0.351 e. The van der Waals surface area contributed by atoms with E-state index in [0.29, 0.717) is 17.4 Å². The Balaban J connectivity index is 1.97. The summed E-state index contributed by atoms with van der Waals surface area (Å²) < 4.78 is 12.6. The number of anilines is 1. The molecule has 88 valence electrons. The summed E-state index contributed by atoms with van der Waals surface area (Å²) in [5, 5.41) is 3.27. The summed E-state index contributed by atoms with van der Waals surface area (Å²) in [5.41, 5.74) is 0.385. The van der Waals surface area contributed by atoms with Crippen molar-refractivity contribution in [3.63, 3.8) is 0 Å². The van der Waals surface area contributed by atoms with Gasteiger partial charge in [-0.1, -0.05) is 20.3 Å². The molecule has 0 aliphatic heterocycles. The lowest BCUT2D eigenvalue weighted by Crippen LogP contribution is -2.32. The Bertz CT molecular complexity index is 348. The summed E-state index contributed by atoms with van der Waals surface area (Å²) in [6.45, 7) is 4.57. The SMILES string of the molecule is CC1(C)CCCC(Nc2ncc(F)cn2)C1. The number of rotatable bonds is 2. The Morgan fingerprint density at radius 1 is 1.38 bits per heavy atom. The average Bonchev–Trinajstić information content (AvgIpc) is 2.20. The molecule has 0 bridgehead atoms. The molecule has 16 heavy (non-hydrogen) atoms. The molecule has 1 fully saturated rings. The predicted molar refractivity (Wildman–Crippen MR) is 61.6 cm³/mol. The van der Waals surface area contributed by atoms with Gasteiger partial charge in [0, 0.05) is 6.04 Å². The van der Waals surface area contributed by atoms with E-state index >= 15 is 0 Å². The minimum absolute atomic E-state index is 0.385. The monoisotopic (exact) mass is 223 g/mol. The summed E-state index contributed by atoms with van der Waals surface area (Å²) in [6, 6.07) is 0.411. The van der Waals surface area contributed by atoms with Gasteiger partial charge in [0.25, 0.3) is 0 Å². The highest BCUT2D eigenvalue weighted by atomic mass is 19.1. The molecule has 4 heteroatoms. The van der Waals surface area contributed by atoms with Crippen LogP contribution in [0.1, 0.15) is 39.5 Å². The van der Waals surface area contributed by atoms with E-state index in [-0.39, 0.29) is 0 Å². The van der Waals surface area contributed by atoms with Crippen LogP contribution in [-0.2, 0) is 0 Å². The van der Waals surface area contributed by atoms with Gasteiger partial charge in [-0.05, 0) is 24.7 Å². The van der Waals surface area contributed by atoms with E-state index in [1.54, 1.807) is 0 Å². The van der Waals surface area contributed by atoms with Crippen molar-refractivity contribution >= 4 is 5.95 Å². The Morgan fingerprint density at radius 3 is 2.69 bits per heavy atom. The summed E-state index contributed by atoms with van der Waals surface area (Å²) in [4.78, 5) is 7.85. The first-order valence-corrected chi connectivity index (χ1v) is 5.79. The number of hydrogen-bond acceptors (Lipinski definition) is 3. The Morgan fingerprint density at radius 2 is 2.06 bits per heavy atom. The summed E-state index contributed by atoms with van der Waals surface area (Å²) in [7, 11) is 0. The van der Waals surface area contributed by atoms with Crippen molar-refractivity contribution in [3.8, 4) is 0 Å². The van der Waals surface area contributed by atoms with Crippen LogP contribution >= 0.6 is 0 Å². The molecule has 0 aromatic carbocycles. The molecule has 1 saturated carbocycles. The van der Waals surface area contributed by atoms with Gasteiger partial charge in [-0.25, -0.2) is 14.4 Å². The minimum atomic E-state index is -0.394. The first-order chi connectivity index (χ1) is 7.55. The van der Waals surface area contributed by atoms with E-state index in [4.69, 9.17) is 0 Å². The zero-order valence-electron chi connectivity index (χ0n) is 9.83. The van der Waals surface area contributed by atoms with E-state index < -0.39 is 5.82 Å². The molecule has 2 rings (SSSR count).